The Morgan fingerprint density at radius 3 is 2.78 bits per heavy atom. The molecule has 158 valence electrons. The third kappa shape index (κ3) is 4.10. The summed E-state index contributed by atoms with van der Waals surface area (Å²) in [7, 11) is 0. The van der Waals surface area contributed by atoms with E-state index in [0.717, 1.165) is 17.5 Å². The number of aromatic nitrogens is 3. The van der Waals surface area contributed by atoms with Gasteiger partial charge in [-0.25, -0.2) is 0 Å². The molecule has 0 unspecified atom stereocenters. The van der Waals surface area contributed by atoms with Crippen molar-refractivity contribution in [2.24, 2.45) is 0 Å². The number of benzene rings is 3. The minimum absolute atomic E-state index is 0.253. The van der Waals surface area contributed by atoms with E-state index in [-0.39, 0.29) is 11.6 Å². The van der Waals surface area contributed by atoms with Gasteiger partial charge in [-0.3, -0.25) is 9.48 Å². The van der Waals surface area contributed by atoms with Crippen LogP contribution in [0.1, 0.15) is 16.1 Å². The van der Waals surface area contributed by atoms with Crippen LogP contribution in [0.2, 0.25) is 0 Å². The van der Waals surface area contributed by atoms with Crippen molar-refractivity contribution in [3.8, 4) is 11.1 Å². The highest BCUT2D eigenvalue weighted by Gasteiger charge is 2.14. The van der Waals surface area contributed by atoms with Gasteiger partial charge in [-0.05, 0) is 62.8 Å². The third-order valence-corrected chi connectivity index (χ3v) is 6.10. The molecule has 0 saturated heterocycles. The summed E-state index contributed by atoms with van der Waals surface area (Å²) in [6.45, 7) is 0.629. The van der Waals surface area contributed by atoms with Crippen LogP contribution in [-0.2, 0) is 13.0 Å². The molecule has 0 atom stereocenters. The van der Waals surface area contributed by atoms with Crippen molar-refractivity contribution >= 4 is 39.4 Å². The Balaban J connectivity index is 1.29. The fourth-order valence-electron chi connectivity index (χ4n) is 3.72. The molecule has 0 saturated carbocycles. The lowest BCUT2D eigenvalue weighted by atomic mass is 10.0. The second kappa shape index (κ2) is 8.64. The molecule has 3 aromatic carbocycles. The number of anilines is 2. The highest BCUT2D eigenvalue weighted by Crippen LogP contribution is 2.29. The van der Waals surface area contributed by atoms with Crippen molar-refractivity contribution in [3.05, 3.63) is 94.9 Å². The average Bonchev–Trinajstić information content (AvgIpc) is 3.52. The van der Waals surface area contributed by atoms with Gasteiger partial charge in [0.15, 0.2) is 5.69 Å². The van der Waals surface area contributed by atoms with Crippen LogP contribution in [0.4, 0.5) is 11.4 Å². The fourth-order valence-corrected chi connectivity index (χ4v) is 4.38. The molecule has 2 aromatic heterocycles. The molecule has 6 nitrogen and oxygen atoms in total. The predicted octanol–water partition coefficient (Wildman–Crippen LogP) is 5.24. The van der Waals surface area contributed by atoms with Crippen molar-refractivity contribution in [2.45, 2.75) is 13.0 Å². The summed E-state index contributed by atoms with van der Waals surface area (Å²) < 4.78 is 1.70. The van der Waals surface area contributed by atoms with Crippen LogP contribution in [0.3, 0.4) is 0 Å². The van der Waals surface area contributed by atoms with E-state index in [1.807, 2.05) is 35.7 Å². The highest BCUT2D eigenvalue weighted by molar-refractivity contribution is 7.08. The normalized spacial score (nSPS) is 11.0. The Bertz CT molecular complexity index is 1390. The maximum atomic E-state index is 12.7. The summed E-state index contributed by atoms with van der Waals surface area (Å²) in [5.74, 6) is -0.337. The second-order valence-electron chi connectivity index (χ2n) is 7.52. The first kappa shape index (κ1) is 20.0. The van der Waals surface area contributed by atoms with Gasteiger partial charge in [0.1, 0.15) is 0 Å². The summed E-state index contributed by atoms with van der Waals surface area (Å²) in [5, 5.41) is 17.6. The number of rotatable bonds is 6. The molecule has 0 aliphatic carbocycles. The van der Waals surface area contributed by atoms with E-state index >= 15 is 0 Å². The molecule has 0 fully saturated rings. The van der Waals surface area contributed by atoms with Crippen molar-refractivity contribution in [1.82, 2.24) is 15.0 Å². The lowest BCUT2D eigenvalue weighted by Crippen LogP contribution is -2.13. The molecule has 7 heteroatoms. The minimum Gasteiger partial charge on any atom is -0.397 e. The number of nitrogens with two attached hydrogens (primary N) is 1. The number of carbonyl (C=O) groups is 1. The summed E-state index contributed by atoms with van der Waals surface area (Å²) >= 11 is 1.62. The average molecular weight is 440 g/mol. The molecule has 32 heavy (non-hydrogen) atoms. The summed E-state index contributed by atoms with van der Waals surface area (Å²) in [6.07, 6.45) is 2.46. The van der Waals surface area contributed by atoms with E-state index in [2.05, 4.69) is 51.3 Å². The molecule has 5 aromatic rings. The Labute approximate surface area is 189 Å². The van der Waals surface area contributed by atoms with Crippen LogP contribution in [0.15, 0.2) is 83.7 Å². The number of hydrogen-bond donors (Lipinski definition) is 2. The first-order valence-corrected chi connectivity index (χ1v) is 11.2. The van der Waals surface area contributed by atoms with E-state index in [0.29, 0.717) is 17.9 Å². The number of nitrogen functional groups attached to an aromatic ring is 1. The predicted molar refractivity (Wildman–Crippen MR) is 130 cm³/mol. The third-order valence-electron chi connectivity index (χ3n) is 5.42. The summed E-state index contributed by atoms with van der Waals surface area (Å²) in [6, 6.07) is 22.2. The first-order chi connectivity index (χ1) is 15.7. The zero-order chi connectivity index (χ0) is 21.9. The Hall–Kier alpha value is -3.97. The van der Waals surface area contributed by atoms with E-state index < -0.39 is 0 Å². The molecule has 1 amide bonds. The summed E-state index contributed by atoms with van der Waals surface area (Å²) in [4.78, 5) is 12.7. The quantitative estimate of drug-likeness (QED) is 0.355. The van der Waals surface area contributed by atoms with Crippen LogP contribution in [0.25, 0.3) is 21.9 Å². The Morgan fingerprint density at radius 2 is 1.91 bits per heavy atom. The number of amides is 1. The van der Waals surface area contributed by atoms with Crippen LogP contribution >= 0.6 is 11.3 Å². The van der Waals surface area contributed by atoms with E-state index in [1.165, 1.54) is 16.3 Å². The molecule has 2 heterocycles. The molecule has 0 bridgehead atoms. The van der Waals surface area contributed by atoms with Gasteiger partial charge < -0.3 is 11.1 Å². The molecular weight excluding hydrogens is 418 g/mol. The molecule has 0 radical (unpaired) electrons. The maximum Gasteiger partial charge on any atom is 0.277 e. The number of aryl methyl sites for hydroxylation is 2. The Kier molecular flexibility index (Phi) is 5.39. The SMILES string of the molecule is Nc1ccc(-c2ccsc2)cc1NC(=O)c1cn(CCc2cccc3ccccc23)nn1. The number of carbonyl (C=O) groups excluding carboxylic acids is 1. The van der Waals surface area contributed by atoms with Gasteiger partial charge in [-0.2, -0.15) is 11.3 Å². The van der Waals surface area contributed by atoms with Crippen LogP contribution < -0.4 is 11.1 Å². The lowest BCUT2D eigenvalue weighted by Gasteiger charge is -2.09. The van der Waals surface area contributed by atoms with E-state index in [4.69, 9.17) is 5.73 Å². The largest absolute Gasteiger partial charge is 0.397 e. The topological polar surface area (TPSA) is 85.8 Å². The van der Waals surface area contributed by atoms with Gasteiger partial charge in [0.2, 0.25) is 0 Å². The number of hydrogen-bond acceptors (Lipinski definition) is 5. The van der Waals surface area contributed by atoms with Crippen molar-refractivity contribution in [2.75, 3.05) is 11.1 Å². The van der Waals surface area contributed by atoms with Gasteiger partial charge in [0, 0.05) is 6.54 Å². The number of nitrogens with one attached hydrogen (secondary N) is 1. The fraction of sp³-hybridized carbons (Fsp3) is 0.0800. The Morgan fingerprint density at radius 1 is 1.03 bits per heavy atom. The minimum atomic E-state index is -0.337. The lowest BCUT2D eigenvalue weighted by molar-refractivity contribution is 0.102. The monoisotopic (exact) mass is 439 g/mol. The van der Waals surface area contributed by atoms with E-state index in [9.17, 15) is 4.79 Å². The molecule has 3 N–H and O–H groups in total. The van der Waals surface area contributed by atoms with Gasteiger partial charge in [0.25, 0.3) is 5.91 Å². The zero-order valence-corrected chi connectivity index (χ0v) is 18.0. The van der Waals surface area contributed by atoms with Gasteiger partial charge in [0.05, 0.1) is 17.6 Å². The van der Waals surface area contributed by atoms with Crippen LogP contribution in [0, 0.1) is 0 Å². The number of fused-ring (bicyclic) bond motifs is 1. The van der Waals surface area contributed by atoms with Crippen molar-refractivity contribution in [3.63, 3.8) is 0 Å². The molecule has 0 aliphatic heterocycles. The molecule has 5 rings (SSSR count). The van der Waals surface area contributed by atoms with Gasteiger partial charge in [-0.1, -0.05) is 53.7 Å². The standard InChI is InChI=1S/C25H21N5OS/c26-22-9-8-19(20-11-13-32-16-20)14-23(22)27-25(31)24-15-30(29-28-24)12-10-18-6-3-5-17-4-1-2-7-21(17)18/h1-9,11,13-16H,10,12,26H2,(H,27,31). The maximum absolute atomic E-state index is 12.7. The summed E-state index contributed by atoms with van der Waals surface area (Å²) in [5.41, 5.74) is 10.7. The second-order valence-corrected chi connectivity index (χ2v) is 8.30. The smallest absolute Gasteiger partial charge is 0.277 e. The van der Waals surface area contributed by atoms with Crippen LogP contribution in [0.5, 0.6) is 0 Å². The van der Waals surface area contributed by atoms with Crippen molar-refractivity contribution < 1.29 is 4.79 Å². The van der Waals surface area contributed by atoms with E-state index in [1.54, 1.807) is 28.3 Å². The van der Waals surface area contributed by atoms with Gasteiger partial charge >= 0.3 is 0 Å². The molecule has 0 spiro atoms. The molecular formula is C25H21N5OS. The van der Waals surface area contributed by atoms with Gasteiger partial charge in [-0.15, -0.1) is 5.10 Å². The first-order valence-electron chi connectivity index (χ1n) is 10.3. The number of thiophene rings is 1. The number of nitrogens with zero attached hydrogens (tertiary/aromatic N) is 3. The highest BCUT2D eigenvalue weighted by atomic mass is 32.1. The zero-order valence-electron chi connectivity index (χ0n) is 17.2. The van der Waals surface area contributed by atoms with Crippen LogP contribution in [-0.4, -0.2) is 20.9 Å². The van der Waals surface area contributed by atoms with Crippen molar-refractivity contribution in [1.29, 1.82) is 0 Å². The molecule has 0 aliphatic rings.